The maximum atomic E-state index is 12.8. The lowest BCUT2D eigenvalue weighted by molar-refractivity contribution is -0.274. The number of pyridine rings is 2. The van der Waals surface area contributed by atoms with Gasteiger partial charge in [-0.15, -0.1) is 13.2 Å². The van der Waals surface area contributed by atoms with Gasteiger partial charge in [0.05, 0.1) is 5.56 Å². The van der Waals surface area contributed by atoms with E-state index in [0.29, 0.717) is 30.0 Å². The molecule has 0 atom stereocenters. The number of carbonyl (C=O) groups excluding carboxylic acids is 1. The molecule has 7 nitrogen and oxygen atoms in total. The third-order valence-electron chi connectivity index (χ3n) is 4.71. The Kier molecular flexibility index (Phi) is 7.49. The van der Waals surface area contributed by atoms with Gasteiger partial charge in [-0.2, -0.15) is 0 Å². The molecule has 2 heterocycles. The lowest BCUT2D eigenvalue weighted by atomic mass is 10.0. The SMILES string of the molecule is Cc1ccc(-c2cc(C(=O)Nc3ccc(OC(F)(F)F)cc3)cnc2N(C)CCCO)cn1. The van der Waals surface area contributed by atoms with Crippen molar-refractivity contribution in [3.05, 3.63) is 66.1 Å². The van der Waals surface area contributed by atoms with E-state index in [0.717, 1.165) is 23.4 Å². The maximum Gasteiger partial charge on any atom is 0.573 e. The first-order valence-electron chi connectivity index (χ1n) is 10.1. The second-order valence-electron chi connectivity index (χ2n) is 7.31. The Labute approximate surface area is 188 Å². The number of hydrogen-bond acceptors (Lipinski definition) is 6. The summed E-state index contributed by atoms with van der Waals surface area (Å²) < 4.78 is 40.8. The first kappa shape index (κ1) is 24.0. The molecule has 0 radical (unpaired) electrons. The van der Waals surface area contributed by atoms with Crippen LogP contribution in [0.2, 0.25) is 0 Å². The van der Waals surface area contributed by atoms with Crippen LogP contribution < -0.4 is 15.0 Å². The molecular formula is C23H23F3N4O3. The molecule has 0 spiro atoms. The zero-order valence-electron chi connectivity index (χ0n) is 18.1. The third-order valence-corrected chi connectivity index (χ3v) is 4.71. The first-order valence-corrected chi connectivity index (χ1v) is 10.1. The van der Waals surface area contributed by atoms with Crippen LogP contribution in [-0.2, 0) is 0 Å². The smallest absolute Gasteiger partial charge is 0.406 e. The van der Waals surface area contributed by atoms with Crippen LogP contribution in [0.3, 0.4) is 0 Å². The van der Waals surface area contributed by atoms with Gasteiger partial charge in [0.2, 0.25) is 0 Å². The molecule has 2 aromatic heterocycles. The molecule has 10 heteroatoms. The lowest BCUT2D eigenvalue weighted by Crippen LogP contribution is -2.22. The molecule has 3 aromatic rings. The van der Waals surface area contributed by atoms with Crippen molar-refractivity contribution in [1.29, 1.82) is 0 Å². The van der Waals surface area contributed by atoms with Crippen LogP contribution in [0, 0.1) is 6.92 Å². The van der Waals surface area contributed by atoms with Crippen molar-refractivity contribution < 1.29 is 27.8 Å². The second kappa shape index (κ2) is 10.3. The van der Waals surface area contributed by atoms with Crippen molar-refractivity contribution in [1.82, 2.24) is 9.97 Å². The number of aromatic nitrogens is 2. The number of rotatable bonds is 8. The molecule has 0 bridgehead atoms. The molecule has 2 N–H and O–H groups in total. The van der Waals surface area contributed by atoms with Gasteiger partial charge in [0.25, 0.3) is 5.91 Å². The summed E-state index contributed by atoms with van der Waals surface area (Å²) in [5, 5.41) is 11.8. The predicted octanol–water partition coefficient (Wildman–Crippen LogP) is 4.42. The molecule has 1 amide bonds. The average molecular weight is 460 g/mol. The summed E-state index contributed by atoms with van der Waals surface area (Å²) in [7, 11) is 1.84. The van der Waals surface area contributed by atoms with Crippen LogP contribution in [0.4, 0.5) is 24.7 Å². The molecule has 3 rings (SSSR count). The molecule has 0 aliphatic carbocycles. The molecular weight excluding hydrogens is 437 g/mol. The summed E-state index contributed by atoms with van der Waals surface area (Å²) in [5.74, 6) is -0.233. The predicted molar refractivity (Wildman–Crippen MR) is 118 cm³/mol. The quantitative estimate of drug-likeness (QED) is 0.518. The van der Waals surface area contributed by atoms with Crippen molar-refractivity contribution >= 4 is 17.4 Å². The highest BCUT2D eigenvalue weighted by molar-refractivity contribution is 6.05. The number of ether oxygens (including phenoxy) is 1. The number of aliphatic hydroxyl groups excluding tert-OH is 1. The number of aliphatic hydroxyl groups is 1. The number of amides is 1. The number of nitrogens with one attached hydrogen (secondary N) is 1. The monoisotopic (exact) mass is 460 g/mol. The second-order valence-corrected chi connectivity index (χ2v) is 7.31. The summed E-state index contributed by atoms with van der Waals surface area (Å²) >= 11 is 0. The first-order chi connectivity index (χ1) is 15.7. The number of hydrogen-bond donors (Lipinski definition) is 2. The van der Waals surface area contributed by atoms with Gasteiger partial charge < -0.3 is 20.1 Å². The van der Waals surface area contributed by atoms with Gasteiger partial charge in [-0.05, 0) is 49.7 Å². The van der Waals surface area contributed by atoms with Gasteiger partial charge >= 0.3 is 6.36 Å². The normalized spacial score (nSPS) is 11.2. The molecule has 1 aromatic carbocycles. The van der Waals surface area contributed by atoms with E-state index >= 15 is 0 Å². The van der Waals surface area contributed by atoms with E-state index in [1.807, 2.05) is 31.0 Å². The minimum Gasteiger partial charge on any atom is -0.406 e. The topological polar surface area (TPSA) is 87.6 Å². The molecule has 0 saturated heterocycles. The minimum absolute atomic E-state index is 0.0407. The number of aryl methyl sites for hydroxylation is 1. The van der Waals surface area contributed by atoms with Gasteiger partial charge in [-0.1, -0.05) is 6.07 Å². The summed E-state index contributed by atoms with van der Waals surface area (Å²) in [6.07, 6.45) is -1.12. The van der Waals surface area contributed by atoms with Crippen LogP contribution >= 0.6 is 0 Å². The van der Waals surface area contributed by atoms with Crippen LogP contribution in [0.5, 0.6) is 5.75 Å². The fourth-order valence-corrected chi connectivity index (χ4v) is 3.08. The highest BCUT2D eigenvalue weighted by atomic mass is 19.4. The van der Waals surface area contributed by atoms with E-state index in [4.69, 9.17) is 5.11 Å². The van der Waals surface area contributed by atoms with Gasteiger partial charge in [0.1, 0.15) is 11.6 Å². The Balaban J connectivity index is 1.85. The Bertz CT molecular complexity index is 1090. The van der Waals surface area contributed by atoms with Crippen molar-refractivity contribution in [2.45, 2.75) is 19.7 Å². The van der Waals surface area contributed by atoms with Crippen LogP contribution in [0.15, 0.2) is 54.9 Å². The molecule has 33 heavy (non-hydrogen) atoms. The highest BCUT2D eigenvalue weighted by Crippen LogP contribution is 2.30. The highest BCUT2D eigenvalue weighted by Gasteiger charge is 2.31. The summed E-state index contributed by atoms with van der Waals surface area (Å²) in [4.78, 5) is 23.4. The Hall–Kier alpha value is -3.66. The van der Waals surface area contributed by atoms with E-state index in [2.05, 4.69) is 20.0 Å². The number of carbonyl (C=O) groups is 1. The van der Waals surface area contributed by atoms with Crippen LogP contribution in [0.25, 0.3) is 11.1 Å². The molecule has 0 unspecified atom stereocenters. The van der Waals surface area contributed by atoms with Crippen molar-refractivity contribution in [2.24, 2.45) is 0 Å². The van der Waals surface area contributed by atoms with Gasteiger partial charge in [-0.3, -0.25) is 9.78 Å². The van der Waals surface area contributed by atoms with E-state index in [1.54, 1.807) is 12.3 Å². The largest absolute Gasteiger partial charge is 0.573 e. The van der Waals surface area contributed by atoms with E-state index in [-0.39, 0.29) is 17.9 Å². The molecule has 0 aliphatic rings. The number of alkyl halides is 3. The molecule has 0 fully saturated rings. The summed E-state index contributed by atoms with van der Waals surface area (Å²) in [6.45, 7) is 2.47. The van der Waals surface area contributed by atoms with Gasteiger partial charge in [-0.25, -0.2) is 4.98 Å². The average Bonchev–Trinajstić information content (AvgIpc) is 2.78. The van der Waals surface area contributed by atoms with Crippen molar-refractivity contribution in [2.75, 3.05) is 30.4 Å². The van der Waals surface area contributed by atoms with Crippen molar-refractivity contribution in [3.8, 4) is 16.9 Å². The lowest BCUT2D eigenvalue weighted by Gasteiger charge is -2.21. The minimum atomic E-state index is -4.79. The Morgan fingerprint density at radius 1 is 1.12 bits per heavy atom. The van der Waals surface area contributed by atoms with Gasteiger partial charge in [0.15, 0.2) is 0 Å². The van der Waals surface area contributed by atoms with Crippen LogP contribution in [-0.4, -0.2) is 47.5 Å². The zero-order chi connectivity index (χ0) is 24.0. The van der Waals surface area contributed by atoms with Gasteiger partial charge in [0, 0.05) is 55.1 Å². The van der Waals surface area contributed by atoms with Crippen molar-refractivity contribution in [3.63, 3.8) is 0 Å². The summed E-state index contributed by atoms with van der Waals surface area (Å²) in [6, 6.07) is 10.3. The fraction of sp³-hybridized carbons (Fsp3) is 0.261. The molecule has 0 aliphatic heterocycles. The Morgan fingerprint density at radius 3 is 2.45 bits per heavy atom. The molecule has 174 valence electrons. The Morgan fingerprint density at radius 2 is 1.85 bits per heavy atom. The van der Waals surface area contributed by atoms with E-state index in [1.165, 1.54) is 18.3 Å². The number of halogens is 3. The van der Waals surface area contributed by atoms with E-state index < -0.39 is 12.3 Å². The fourth-order valence-electron chi connectivity index (χ4n) is 3.08. The summed E-state index contributed by atoms with van der Waals surface area (Å²) in [5.41, 5.74) is 2.86. The van der Waals surface area contributed by atoms with Crippen LogP contribution in [0.1, 0.15) is 22.5 Å². The third kappa shape index (κ3) is 6.66. The molecule has 0 saturated carbocycles. The number of benzene rings is 1. The number of nitrogens with zero attached hydrogens (tertiary/aromatic N) is 3. The number of anilines is 2. The standard InChI is InChI=1S/C23H23F3N4O3/c1-15-4-5-16(13-27-15)20-12-17(14-28-21(20)30(2)10-3-11-31)22(32)29-18-6-8-19(9-7-18)33-23(24,25)26/h4-9,12-14,31H,3,10-11H2,1-2H3,(H,29,32). The van der Waals surface area contributed by atoms with E-state index in [9.17, 15) is 18.0 Å². The zero-order valence-corrected chi connectivity index (χ0v) is 18.1. The maximum absolute atomic E-state index is 12.8.